The fourth-order valence-electron chi connectivity index (χ4n) is 3.44. The van der Waals surface area contributed by atoms with Gasteiger partial charge in [-0.2, -0.15) is 0 Å². The van der Waals surface area contributed by atoms with Crippen molar-refractivity contribution in [3.05, 3.63) is 64.7 Å². The van der Waals surface area contributed by atoms with E-state index in [9.17, 15) is 4.79 Å². The molecule has 0 radical (unpaired) electrons. The molecular formula is C29H46BNO3. The Morgan fingerprint density at radius 3 is 1.82 bits per heavy atom. The molecule has 1 heterocycles. The van der Waals surface area contributed by atoms with Crippen LogP contribution in [0.15, 0.2) is 42.5 Å². The van der Waals surface area contributed by atoms with Crippen molar-refractivity contribution in [3.63, 3.8) is 0 Å². The van der Waals surface area contributed by atoms with E-state index in [1.165, 1.54) is 5.56 Å². The van der Waals surface area contributed by atoms with E-state index in [1.54, 1.807) is 0 Å². The lowest BCUT2D eigenvalue weighted by atomic mass is 9.78. The zero-order chi connectivity index (χ0) is 26.3. The van der Waals surface area contributed by atoms with Crippen LogP contribution in [0.2, 0.25) is 0 Å². The molecule has 2 aromatic rings. The van der Waals surface area contributed by atoms with Gasteiger partial charge in [0.25, 0.3) is 5.91 Å². The third-order valence-corrected chi connectivity index (χ3v) is 6.34. The number of aryl methyl sites for hydroxylation is 1. The summed E-state index contributed by atoms with van der Waals surface area (Å²) in [6, 6.07) is 14.0. The molecule has 4 nitrogen and oxygen atoms in total. The first-order valence-corrected chi connectivity index (χ1v) is 12.6. The molecular weight excluding hydrogens is 421 g/mol. The van der Waals surface area contributed by atoms with Gasteiger partial charge in [0, 0.05) is 12.1 Å². The minimum absolute atomic E-state index is 0.0649. The first-order chi connectivity index (χ1) is 15.8. The van der Waals surface area contributed by atoms with E-state index < -0.39 is 0 Å². The largest absolute Gasteiger partial charge is 0.494 e. The maximum atomic E-state index is 12.6. The summed E-state index contributed by atoms with van der Waals surface area (Å²) in [6.07, 6.45) is 0. The second kappa shape index (κ2) is 12.0. The van der Waals surface area contributed by atoms with Crippen molar-refractivity contribution in [3.8, 4) is 0 Å². The van der Waals surface area contributed by atoms with Gasteiger partial charge in [0.2, 0.25) is 0 Å². The molecule has 1 aliphatic rings. The molecule has 1 fully saturated rings. The van der Waals surface area contributed by atoms with Crippen molar-refractivity contribution >= 4 is 18.5 Å². The molecule has 1 aliphatic heterocycles. The Balaban J connectivity index is 0.00000137. The predicted octanol–water partition coefficient (Wildman–Crippen LogP) is 6.57. The number of amides is 1. The van der Waals surface area contributed by atoms with E-state index >= 15 is 0 Å². The Bertz CT molecular complexity index is 911. The van der Waals surface area contributed by atoms with Gasteiger partial charge in [0.1, 0.15) is 0 Å². The van der Waals surface area contributed by atoms with Gasteiger partial charge in [-0.1, -0.05) is 78.8 Å². The fraction of sp³-hybridized carbons (Fsp3) is 0.552. The maximum Gasteiger partial charge on any atom is 0.494 e. The van der Waals surface area contributed by atoms with Gasteiger partial charge in [0.05, 0.1) is 11.2 Å². The van der Waals surface area contributed by atoms with Gasteiger partial charge in [-0.25, -0.2) is 0 Å². The summed E-state index contributed by atoms with van der Waals surface area (Å²) in [4.78, 5) is 12.6. The predicted molar refractivity (Wildman–Crippen MR) is 146 cm³/mol. The first kappa shape index (κ1) is 29.9. The van der Waals surface area contributed by atoms with Crippen LogP contribution in [0.25, 0.3) is 0 Å². The second-order valence-electron chi connectivity index (χ2n) is 10.3. The third kappa shape index (κ3) is 7.20. The van der Waals surface area contributed by atoms with E-state index in [0.717, 1.165) is 16.6 Å². The van der Waals surface area contributed by atoms with Gasteiger partial charge >= 0.3 is 7.12 Å². The quantitative estimate of drug-likeness (QED) is 0.517. The molecule has 0 saturated carbocycles. The molecule has 0 aromatic heterocycles. The van der Waals surface area contributed by atoms with Crippen molar-refractivity contribution in [2.24, 2.45) is 0 Å². The fourth-order valence-corrected chi connectivity index (χ4v) is 3.44. The molecule has 1 N–H and O–H groups in total. The van der Waals surface area contributed by atoms with E-state index in [0.29, 0.717) is 12.1 Å². The molecule has 0 atom stereocenters. The summed E-state index contributed by atoms with van der Waals surface area (Å²) in [5.41, 5.74) is 4.43. The minimum Gasteiger partial charge on any atom is -0.399 e. The van der Waals surface area contributed by atoms with E-state index in [1.807, 2.05) is 71.0 Å². The van der Waals surface area contributed by atoms with Crippen LogP contribution in [0.5, 0.6) is 0 Å². The summed E-state index contributed by atoms with van der Waals surface area (Å²) in [6.45, 7) is 25.2. The Labute approximate surface area is 209 Å². The summed E-state index contributed by atoms with van der Waals surface area (Å²) in [7, 11) is -0.376. The van der Waals surface area contributed by atoms with Gasteiger partial charge in [0.15, 0.2) is 0 Å². The molecule has 3 rings (SSSR count). The summed E-state index contributed by atoms with van der Waals surface area (Å²) < 4.78 is 12.3. The maximum absolute atomic E-state index is 12.6. The monoisotopic (exact) mass is 467 g/mol. The first-order valence-electron chi connectivity index (χ1n) is 12.6. The number of benzene rings is 2. The number of hydrogen-bond donors (Lipinski definition) is 1. The number of rotatable bonds is 4. The topological polar surface area (TPSA) is 47.6 Å². The van der Waals surface area contributed by atoms with Gasteiger partial charge in [-0.15, -0.1) is 0 Å². The molecule has 2 aromatic carbocycles. The number of carbonyl (C=O) groups excluding carboxylic acids is 1. The zero-order valence-corrected chi connectivity index (χ0v) is 23.6. The van der Waals surface area contributed by atoms with Crippen LogP contribution in [-0.2, 0) is 21.3 Å². The highest BCUT2D eigenvalue weighted by molar-refractivity contribution is 6.62. The Kier molecular flexibility index (Phi) is 10.6. The van der Waals surface area contributed by atoms with Gasteiger partial charge in [-0.3, -0.25) is 4.79 Å². The summed E-state index contributed by atoms with van der Waals surface area (Å²) >= 11 is 0. The summed E-state index contributed by atoms with van der Waals surface area (Å²) in [5.74, 6) is -0.0649. The average Bonchev–Trinajstić information content (AvgIpc) is 3.01. The summed E-state index contributed by atoms with van der Waals surface area (Å²) in [5, 5.41) is 3.03. The Morgan fingerprint density at radius 2 is 1.38 bits per heavy atom. The number of carbonyl (C=O) groups is 1. The van der Waals surface area contributed by atoms with Crippen LogP contribution < -0.4 is 10.8 Å². The van der Waals surface area contributed by atoms with Crippen molar-refractivity contribution in [1.29, 1.82) is 0 Å². The van der Waals surface area contributed by atoms with Crippen LogP contribution in [0.3, 0.4) is 0 Å². The Hall–Kier alpha value is -2.11. The van der Waals surface area contributed by atoms with Crippen molar-refractivity contribution in [2.75, 3.05) is 0 Å². The molecule has 0 spiro atoms. The lowest BCUT2D eigenvalue weighted by Gasteiger charge is -2.32. The molecule has 1 amide bonds. The normalized spacial score (nSPS) is 16.1. The number of hydrogen-bond acceptors (Lipinski definition) is 3. The van der Waals surface area contributed by atoms with Crippen LogP contribution in [-0.4, -0.2) is 24.2 Å². The van der Waals surface area contributed by atoms with Crippen molar-refractivity contribution < 1.29 is 14.1 Å². The molecule has 5 heteroatoms. The van der Waals surface area contributed by atoms with Crippen LogP contribution >= 0.6 is 0 Å². The van der Waals surface area contributed by atoms with E-state index in [-0.39, 0.29) is 29.6 Å². The lowest BCUT2D eigenvalue weighted by molar-refractivity contribution is 0.00578. The van der Waals surface area contributed by atoms with Crippen LogP contribution in [0.1, 0.15) is 103 Å². The molecule has 1 saturated heterocycles. The molecule has 0 unspecified atom stereocenters. The highest BCUT2D eigenvalue weighted by Gasteiger charge is 2.51. The van der Waals surface area contributed by atoms with Crippen molar-refractivity contribution in [2.45, 2.75) is 106 Å². The highest BCUT2D eigenvalue weighted by Crippen LogP contribution is 2.36. The third-order valence-electron chi connectivity index (χ3n) is 6.34. The van der Waals surface area contributed by atoms with Crippen LogP contribution in [0, 0.1) is 6.92 Å². The van der Waals surface area contributed by atoms with Crippen LogP contribution in [0.4, 0.5) is 0 Å². The SMILES string of the molecule is CC.CC.Cc1cc(B2OC(C)(C)C(C)(C)O2)ccc1CNC(=O)c1ccc(C(C)(C)C)cc1. The second-order valence-corrected chi connectivity index (χ2v) is 10.3. The molecule has 0 bridgehead atoms. The van der Waals surface area contributed by atoms with E-state index in [2.05, 4.69) is 59.8 Å². The van der Waals surface area contributed by atoms with Gasteiger partial charge in [-0.05, 0) is 74.3 Å². The van der Waals surface area contributed by atoms with Crippen molar-refractivity contribution in [1.82, 2.24) is 5.32 Å². The molecule has 0 aliphatic carbocycles. The minimum atomic E-state index is -0.376. The van der Waals surface area contributed by atoms with E-state index in [4.69, 9.17) is 9.31 Å². The smallest absolute Gasteiger partial charge is 0.399 e. The zero-order valence-electron chi connectivity index (χ0n) is 23.6. The number of nitrogens with one attached hydrogen (secondary N) is 1. The highest BCUT2D eigenvalue weighted by atomic mass is 16.7. The lowest BCUT2D eigenvalue weighted by Crippen LogP contribution is -2.41. The molecule has 34 heavy (non-hydrogen) atoms. The molecule has 188 valence electrons. The average molecular weight is 468 g/mol. The van der Waals surface area contributed by atoms with Gasteiger partial charge < -0.3 is 14.6 Å². The Morgan fingerprint density at radius 1 is 0.882 bits per heavy atom. The standard InChI is InChI=1S/C25H34BNO3.2C2H6/c1-17-15-21(26-29-24(5,6)25(7,8)30-26)14-11-19(17)16-27-22(28)18-9-12-20(13-10-18)23(2,3)4;2*1-2/h9-15H,16H2,1-8H3,(H,27,28);2*1-2H3.